The van der Waals surface area contributed by atoms with E-state index in [-0.39, 0.29) is 5.41 Å². The average Bonchev–Trinajstić information content (AvgIpc) is 2.48. The molecule has 0 atom stereocenters. The highest BCUT2D eigenvalue weighted by Crippen LogP contribution is 2.33. The first-order valence-corrected chi connectivity index (χ1v) is 16.4. The van der Waals surface area contributed by atoms with Crippen LogP contribution in [0.15, 0.2) is 30.3 Å². The van der Waals surface area contributed by atoms with Crippen LogP contribution in [0.4, 0.5) is 0 Å². The maximum atomic E-state index is 3.58. The third-order valence-corrected chi connectivity index (χ3v) is 5.74. The van der Waals surface area contributed by atoms with Crippen molar-refractivity contribution in [1.29, 1.82) is 0 Å². The zero-order chi connectivity index (χ0) is 19.8. The Morgan fingerprint density at radius 3 is 1.73 bits per heavy atom. The van der Waals surface area contributed by atoms with Crippen LogP contribution in [0.25, 0.3) is 10.8 Å². The van der Waals surface area contributed by atoms with Crippen molar-refractivity contribution < 1.29 is 0 Å². The van der Waals surface area contributed by atoms with Gasteiger partial charge in [-0.3, -0.25) is 0 Å². The van der Waals surface area contributed by atoms with Crippen molar-refractivity contribution in [3.05, 3.63) is 47.0 Å². The van der Waals surface area contributed by atoms with Gasteiger partial charge in [0, 0.05) is 11.1 Å². The van der Waals surface area contributed by atoms with Gasteiger partial charge in [0.05, 0.1) is 0 Å². The van der Waals surface area contributed by atoms with Crippen LogP contribution in [0.1, 0.15) is 37.5 Å². The molecule has 0 saturated heterocycles. The topological polar surface area (TPSA) is 0 Å². The molecule has 0 unspecified atom stereocenters. The van der Waals surface area contributed by atoms with Crippen molar-refractivity contribution >= 4 is 26.9 Å². The molecule has 0 N–H and O–H groups in total. The van der Waals surface area contributed by atoms with Crippen LogP contribution in [0.3, 0.4) is 0 Å². The van der Waals surface area contributed by atoms with E-state index in [0.717, 1.165) is 5.56 Å². The second-order valence-electron chi connectivity index (χ2n) is 10.1. The monoisotopic (exact) mass is 376 g/mol. The molecule has 2 rings (SSSR count). The summed E-state index contributed by atoms with van der Waals surface area (Å²) in [5.41, 5.74) is 10.8. The molecule has 0 aliphatic carbocycles. The van der Waals surface area contributed by atoms with E-state index in [1.807, 2.05) is 0 Å². The van der Waals surface area contributed by atoms with Crippen LogP contribution in [0.2, 0.25) is 39.3 Å². The molecule has 0 fully saturated rings. The highest BCUT2D eigenvalue weighted by molar-refractivity contribution is 6.84. The van der Waals surface area contributed by atoms with Gasteiger partial charge < -0.3 is 0 Å². The maximum absolute atomic E-state index is 3.58. The molecule has 0 aliphatic rings. The lowest BCUT2D eigenvalue weighted by Crippen LogP contribution is -2.18. The minimum absolute atomic E-state index is 0.0308. The Hall–Kier alpha value is -1.75. The third kappa shape index (κ3) is 5.37. The quantitative estimate of drug-likeness (QED) is 0.359. The molecule has 0 spiro atoms. The SMILES string of the molecule is CC(C)(C)c1cc(C#C[Si](C)(C)C)c2ccccc2c1C#C[Si](C)(C)C. The van der Waals surface area contributed by atoms with Gasteiger partial charge >= 0.3 is 0 Å². The highest BCUT2D eigenvalue weighted by Gasteiger charge is 2.21. The Labute approximate surface area is 162 Å². The minimum atomic E-state index is -1.45. The summed E-state index contributed by atoms with van der Waals surface area (Å²) in [6, 6.07) is 10.9. The summed E-state index contributed by atoms with van der Waals surface area (Å²) in [5.74, 6) is 7.09. The molecule has 0 nitrogen and oxygen atoms in total. The van der Waals surface area contributed by atoms with Gasteiger partial charge in [0.15, 0.2) is 0 Å². The summed E-state index contributed by atoms with van der Waals surface area (Å²) in [4.78, 5) is 0. The van der Waals surface area contributed by atoms with Crippen LogP contribution in [-0.4, -0.2) is 16.1 Å². The van der Waals surface area contributed by atoms with Crippen LogP contribution in [-0.2, 0) is 5.41 Å². The lowest BCUT2D eigenvalue weighted by atomic mass is 9.80. The number of fused-ring (bicyclic) bond motifs is 1. The van der Waals surface area contributed by atoms with Crippen molar-refractivity contribution in [2.24, 2.45) is 0 Å². The number of rotatable bonds is 0. The first-order valence-electron chi connectivity index (χ1n) is 9.40. The Balaban J connectivity index is 2.90. The molecule has 2 aromatic rings. The van der Waals surface area contributed by atoms with Crippen LogP contribution in [0.5, 0.6) is 0 Å². The largest absolute Gasteiger partial charge is 0.129 e. The summed E-state index contributed by atoms with van der Waals surface area (Å²) < 4.78 is 0. The molecule has 0 aromatic heterocycles. The molecule has 0 aliphatic heterocycles. The van der Waals surface area contributed by atoms with E-state index in [4.69, 9.17) is 0 Å². The Morgan fingerprint density at radius 2 is 1.23 bits per heavy atom. The molecule has 26 heavy (non-hydrogen) atoms. The number of benzene rings is 2. The standard InChI is InChI=1S/C24H32Si2/c1-24(2,3)23-18-19(14-16-25(4,5)6)20-12-10-11-13-21(20)22(23)15-17-26(7,8)9/h10-13,18H,1-9H3. The Kier molecular flexibility index (Phi) is 5.62. The molecule has 136 valence electrons. The zero-order valence-electron chi connectivity index (χ0n) is 17.9. The Bertz CT molecular complexity index is 938. The molecular formula is C24H32Si2. The van der Waals surface area contributed by atoms with Gasteiger partial charge in [0.2, 0.25) is 0 Å². The van der Waals surface area contributed by atoms with Crippen molar-refractivity contribution in [2.45, 2.75) is 65.5 Å². The molecule has 0 bridgehead atoms. The average molecular weight is 377 g/mol. The zero-order valence-corrected chi connectivity index (χ0v) is 19.9. The molecule has 2 aromatic carbocycles. The summed E-state index contributed by atoms with van der Waals surface area (Å²) in [7, 11) is -2.87. The Morgan fingerprint density at radius 1 is 0.731 bits per heavy atom. The summed E-state index contributed by atoms with van der Waals surface area (Å²) in [6.45, 7) is 20.6. The van der Waals surface area contributed by atoms with Gasteiger partial charge in [-0.05, 0) is 27.8 Å². The fourth-order valence-electron chi connectivity index (χ4n) is 2.71. The van der Waals surface area contributed by atoms with E-state index in [9.17, 15) is 0 Å². The first kappa shape index (κ1) is 20.6. The minimum Gasteiger partial charge on any atom is -0.127 e. The van der Waals surface area contributed by atoms with E-state index in [1.165, 1.54) is 21.9 Å². The number of hydrogen-bond donors (Lipinski definition) is 0. The normalized spacial score (nSPS) is 12.2. The van der Waals surface area contributed by atoms with Crippen molar-refractivity contribution in [2.75, 3.05) is 0 Å². The van der Waals surface area contributed by atoms with Gasteiger partial charge in [-0.2, -0.15) is 0 Å². The molecule has 0 radical (unpaired) electrons. The predicted molar refractivity (Wildman–Crippen MR) is 123 cm³/mol. The number of hydrogen-bond acceptors (Lipinski definition) is 0. The van der Waals surface area contributed by atoms with Crippen molar-refractivity contribution in [3.63, 3.8) is 0 Å². The summed E-state index contributed by atoms with van der Waals surface area (Å²) in [5, 5.41) is 2.47. The van der Waals surface area contributed by atoms with E-state index >= 15 is 0 Å². The lowest BCUT2D eigenvalue weighted by Gasteiger charge is -2.23. The maximum Gasteiger partial charge on any atom is 0.129 e. The van der Waals surface area contributed by atoms with Gasteiger partial charge in [-0.15, -0.1) is 11.1 Å². The van der Waals surface area contributed by atoms with E-state index < -0.39 is 16.1 Å². The van der Waals surface area contributed by atoms with Gasteiger partial charge in [-0.1, -0.05) is 96.2 Å². The molecule has 0 heterocycles. The molecule has 0 amide bonds. The molecule has 2 heteroatoms. The van der Waals surface area contributed by atoms with Crippen molar-refractivity contribution in [1.82, 2.24) is 0 Å². The second-order valence-corrected chi connectivity index (χ2v) is 19.6. The van der Waals surface area contributed by atoms with E-state index in [2.05, 4.69) is 113 Å². The molecule has 0 saturated carbocycles. The fraction of sp³-hybridized carbons (Fsp3) is 0.417. The van der Waals surface area contributed by atoms with Crippen LogP contribution >= 0.6 is 0 Å². The highest BCUT2D eigenvalue weighted by atomic mass is 28.3. The smallest absolute Gasteiger partial charge is 0.127 e. The third-order valence-electron chi connectivity index (χ3n) is 3.99. The van der Waals surface area contributed by atoms with Gasteiger partial charge in [0.1, 0.15) is 16.1 Å². The lowest BCUT2D eigenvalue weighted by molar-refractivity contribution is 0.589. The summed E-state index contributed by atoms with van der Waals surface area (Å²) in [6.07, 6.45) is 0. The summed E-state index contributed by atoms with van der Waals surface area (Å²) >= 11 is 0. The fourth-order valence-corrected chi connectivity index (χ4v) is 3.72. The van der Waals surface area contributed by atoms with Crippen LogP contribution < -0.4 is 0 Å². The second kappa shape index (κ2) is 7.11. The predicted octanol–water partition coefficient (Wildman–Crippen LogP) is 6.60. The molecular weight excluding hydrogens is 344 g/mol. The van der Waals surface area contributed by atoms with Crippen molar-refractivity contribution in [3.8, 4) is 22.9 Å². The van der Waals surface area contributed by atoms with Gasteiger partial charge in [-0.25, -0.2) is 0 Å². The van der Waals surface area contributed by atoms with Gasteiger partial charge in [0.25, 0.3) is 0 Å². The first-order chi connectivity index (χ1) is 11.8. The van der Waals surface area contributed by atoms with E-state index in [0.29, 0.717) is 0 Å². The van der Waals surface area contributed by atoms with Crippen LogP contribution in [0, 0.1) is 22.9 Å². The van der Waals surface area contributed by atoms with E-state index in [1.54, 1.807) is 0 Å².